The molecule has 0 heterocycles. The fourth-order valence-corrected chi connectivity index (χ4v) is 2.93. The molecule has 2 heteroatoms. The predicted octanol–water partition coefficient (Wildman–Crippen LogP) is 4.45. The van der Waals surface area contributed by atoms with Gasteiger partial charge in [0.2, 0.25) is 0 Å². The molecule has 2 aromatic rings. The number of hydrogen-bond acceptors (Lipinski definition) is 1. The van der Waals surface area contributed by atoms with E-state index in [0.29, 0.717) is 11.8 Å². The van der Waals surface area contributed by atoms with Gasteiger partial charge in [0.15, 0.2) is 0 Å². The topological polar surface area (TPSA) is 9.23 Å². The predicted molar refractivity (Wildman–Crippen MR) is 79.1 cm³/mol. The Kier molecular flexibility index (Phi) is 3.48. The number of benzene rings is 2. The van der Waals surface area contributed by atoms with Gasteiger partial charge in [-0.2, -0.15) is 0 Å². The Balaban J connectivity index is 1.72. The minimum atomic E-state index is 0.498. The van der Waals surface area contributed by atoms with E-state index in [0.717, 1.165) is 29.9 Å². The quantitative estimate of drug-likeness (QED) is 0.747. The number of rotatable bonds is 4. The normalized spacial score (nSPS) is 16.6. The van der Waals surface area contributed by atoms with Gasteiger partial charge in [-0.15, -0.1) is 11.6 Å². The van der Waals surface area contributed by atoms with Crippen LogP contribution in [0.2, 0.25) is 0 Å². The van der Waals surface area contributed by atoms with E-state index < -0.39 is 0 Å². The molecule has 0 bridgehead atoms. The molecule has 0 amide bonds. The molecule has 0 fully saturated rings. The molecular formula is C17H17ClO. The summed E-state index contributed by atoms with van der Waals surface area (Å²) in [5.74, 6) is 1.99. The van der Waals surface area contributed by atoms with Crippen molar-refractivity contribution >= 4 is 11.6 Å². The fourth-order valence-electron chi connectivity index (χ4n) is 2.72. The number of halogens is 1. The van der Waals surface area contributed by atoms with E-state index in [1.165, 1.54) is 11.1 Å². The van der Waals surface area contributed by atoms with Crippen molar-refractivity contribution in [2.45, 2.75) is 25.1 Å². The minimum Gasteiger partial charge on any atom is -0.492 e. The minimum absolute atomic E-state index is 0.498. The molecule has 0 aromatic heterocycles. The Morgan fingerprint density at radius 3 is 2.79 bits per heavy atom. The van der Waals surface area contributed by atoms with Gasteiger partial charge in [0.05, 0.1) is 12.5 Å². The molecule has 0 saturated carbocycles. The molecule has 1 nitrogen and oxygen atoms in total. The molecular weight excluding hydrogens is 256 g/mol. The van der Waals surface area contributed by atoms with Crippen molar-refractivity contribution in [2.75, 3.05) is 6.61 Å². The first kappa shape index (κ1) is 12.6. The second kappa shape index (κ2) is 5.26. The van der Waals surface area contributed by atoms with Crippen LogP contribution in [0.1, 0.15) is 28.2 Å². The van der Waals surface area contributed by atoms with Gasteiger partial charge >= 0.3 is 0 Å². The van der Waals surface area contributed by atoms with Gasteiger partial charge in [0.25, 0.3) is 0 Å². The maximum atomic E-state index is 6.04. The standard InChI is InChI=1S/C17H17ClO/c1-12-5-4-7-14(10-18)17(12)19-11-15-9-13-6-2-3-8-16(13)15/h2-8,15H,9-11H2,1H3. The van der Waals surface area contributed by atoms with Crippen molar-refractivity contribution in [3.63, 3.8) is 0 Å². The maximum absolute atomic E-state index is 6.04. The molecule has 1 unspecified atom stereocenters. The monoisotopic (exact) mass is 272 g/mol. The Morgan fingerprint density at radius 1 is 1.16 bits per heavy atom. The van der Waals surface area contributed by atoms with Crippen LogP contribution in [0.3, 0.4) is 0 Å². The third kappa shape index (κ3) is 2.35. The summed E-state index contributed by atoms with van der Waals surface area (Å²) in [4.78, 5) is 0. The Hall–Kier alpha value is -1.47. The highest BCUT2D eigenvalue weighted by Crippen LogP contribution is 2.36. The number of para-hydroxylation sites is 1. The molecule has 1 aliphatic carbocycles. The Labute approximate surface area is 119 Å². The number of ether oxygens (including phenoxy) is 1. The molecule has 0 aliphatic heterocycles. The van der Waals surface area contributed by atoms with Crippen LogP contribution in [0.15, 0.2) is 42.5 Å². The average Bonchev–Trinajstić information content (AvgIpc) is 2.41. The van der Waals surface area contributed by atoms with Gasteiger partial charge in [0, 0.05) is 11.5 Å². The summed E-state index contributed by atoms with van der Waals surface area (Å²) >= 11 is 5.97. The molecule has 19 heavy (non-hydrogen) atoms. The van der Waals surface area contributed by atoms with Gasteiger partial charge in [-0.25, -0.2) is 0 Å². The first-order chi connectivity index (χ1) is 9.29. The summed E-state index contributed by atoms with van der Waals surface area (Å²) in [6, 6.07) is 14.7. The molecule has 0 radical (unpaired) electrons. The van der Waals surface area contributed by atoms with Crippen LogP contribution in [-0.4, -0.2) is 6.61 Å². The average molecular weight is 273 g/mol. The Morgan fingerprint density at radius 2 is 2.00 bits per heavy atom. The fraction of sp³-hybridized carbons (Fsp3) is 0.294. The van der Waals surface area contributed by atoms with Crippen molar-refractivity contribution in [2.24, 2.45) is 0 Å². The van der Waals surface area contributed by atoms with E-state index >= 15 is 0 Å². The molecule has 0 saturated heterocycles. The van der Waals surface area contributed by atoms with Crippen molar-refractivity contribution in [3.8, 4) is 5.75 Å². The van der Waals surface area contributed by atoms with Crippen molar-refractivity contribution in [1.29, 1.82) is 0 Å². The zero-order chi connectivity index (χ0) is 13.2. The number of alkyl halides is 1. The van der Waals surface area contributed by atoms with Crippen LogP contribution in [0.5, 0.6) is 5.75 Å². The summed E-state index contributed by atoms with van der Waals surface area (Å²) in [6.07, 6.45) is 1.12. The van der Waals surface area contributed by atoms with E-state index in [2.05, 4.69) is 37.3 Å². The van der Waals surface area contributed by atoms with E-state index in [9.17, 15) is 0 Å². The first-order valence-electron chi connectivity index (χ1n) is 6.64. The van der Waals surface area contributed by atoms with Crippen LogP contribution in [0.4, 0.5) is 0 Å². The van der Waals surface area contributed by atoms with Crippen LogP contribution in [-0.2, 0) is 12.3 Å². The lowest BCUT2D eigenvalue weighted by atomic mass is 9.78. The number of aryl methyl sites for hydroxylation is 1. The molecule has 0 N–H and O–H groups in total. The summed E-state index contributed by atoms with van der Waals surface area (Å²) in [5, 5.41) is 0. The molecule has 1 aliphatic rings. The summed E-state index contributed by atoms with van der Waals surface area (Å²) < 4.78 is 6.04. The first-order valence-corrected chi connectivity index (χ1v) is 7.18. The van der Waals surface area contributed by atoms with Crippen LogP contribution in [0, 0.1) is 6.92 Å². The lowest BCUT2D eigenvalue weighted by molar-refractivity contribution is 0.272. The maximum Gasteiger partial charge on any atom is 0.126 e. The smallest absolute Gasteiger partial charge is 0.126 e. The van der Waals surface area contributed by atoms with Gasteiger partial charge in [-0.1, -0.05) is 42.5 Å². The lowest BCUT2D eigenvalue weighted by Crippen LogP contribution is -2.23. The number of fused-ring (bicyclic) bond motifs is 1. The van der Waals surface area contributed by atoms with Gasteiger partial charge < -0.3 is 4.74 Å². The van der Waals surface area contributed by atoms with Crippen LogP contribution in [0.25, 0.3) is 0 Å². The Bertz CT molecular complexity index is 592. The highest BCUT2D eigenvalue weighted by molar-refractivity contribution is 6.17. The zero-order valence-electron chi connectivity index (χ0n) is 11.0. The van der Waals surface area contributed by atoms with Crippen molar-refractivity contribution in [3.05, 3.63) is 64.7 Å². The summed E-state index contributed by atoms with van der Waals surface area (Å²) in [6.45, 7) is 2.81. The van der Waals surface area contributed by atoms with E-state index in [1.54, 1.807) is 0 Å². The highest BCUT2D eigenvalue weighted by atomic mass is 35.5. The number of hydrogen-bond donors (Lipinski definition) is 0. The van der Waals surface area contributed by atoms with Crippen molar-refractivity contribution in [1.82, 2.24) is 0 Å². The van der Waals surface area contributed by atoms with Gasteiger partial charge in [-0.05, 0) is 30.0 Å². The zero-order valence-corrected chi connectivity index (χ0v) is 11.8. The summed E-state index contributed by atoms with van der Waals surface area (Å²) in [5.41, 5.74) is 5.13. The third-order valence-electron chi connectivity index (χ3n) is 3.83. The molecule has 0 spiro atoms. The highest BCUT2D eigenvalue weighted by Gasteiger charge is 2.26. The van der Waals surface area contributed by atoms with Crippen molar-refractivity contribution < 1.29 is 4.74 Å². The van der Waals surface area contributed by atoms with E-state index in [1.807, 2.05) is 12.1 Å². The van der Waals surface area contributed by atoms with E-state index in [-0.39, 0.29) is 0 Å². The lowest BCUT2D eigenvalue weighted by Gasteiger charge is -2.30. The van der Waals surface area contributed by atoms with Crippen LogP contribution >= 0.6 is 11.6 Å². The second-order valence-corrected chi connectivity index (χ2v) is 5.37. The molecule has 98 valence electrons. The SMILES string of the molecule is Cc1cccc(CCl)c1OCC1Cc2ccccc21. The molecule has 3 rings (SSSR count). The summed E-state index contributed by atoms with van der Waals surface area (Å²) in [7, 11) is 0. The van der Waals surface area contributed by atoms with Crippen LogP contribution < -0.4 is 4.74 Å². The van der Waals surface area contributed by atoms with Gasteiger partial charge in [-0.3, -0.25) is 0 Å². The third-order valence-corrected chi connectivity index (χ3v) is 4.12. The van der Waals surface area contributed by atoms with Gasteiger partial charge in [0.1, 0.15) is 5.75 Å². The molecule has 2 aromatic carbocycles. The molecule has 1 atom stereocenters. The largest absolute Gasteiger partial charge is 0.492 e. The second-order valence-electron chi connectivity index (χ2n) is 5.11. The van der Waals surface area contributed by atoms with E-state index in [4.69, 9.17) is 16.3 Å².